The Kier molecular flexibility index (Phi) is 3.31. The zero-order chi connectivity index (χ0) is 12.5. The minimum absolute atomic E-state index is 0.158. The summed E-state index contributed by atoms with van der Waals surface area (Å²) < 4.78 is 0. The highest BCUT2D eigenvalue weighted by Gasteiger charge is 2.34. The van der Waals surface area contributed by atoms with Crippen molar-refractivity contribution >= 4 is 23.5 Å². The number of carbonyl (C=O) groups excluding carboxylic acids is 1. The molecule has 1 aromatic rings. The first-order chi connectivity index (χ1) is 7.97. The highest BCUT2D eigenvalue weighted by molar-refractivity contribution is 6.29. The Morgan fingerprint density at radius 1 is 1.59 bits per heavy atom. The normalized spacial score (nSPS) is 17.4. The van der Waals surface area contributed by atoms with Gasteiger partial charge < -0.3 is 5.73 Å². The summed E-state index contributed by atoms with van der Waals surface area (Å²) in [5, 5.41) is 2.94. The molecule has 0 radical (unpaired) electrons. The van der Waals surface area contributed by atoms with Crippen molar-refractivity contribution in [1.82, 2.24) is 9.97 Å². The molecule has 1 aromatic heterocycles. The lowest BCUT2D eigenvalue weighted by Gasteiger charge is -2.37. The second kappa shape index (κ2) is 4.58. The van der Waals surface area contributed by atoms with Gasteiger partial charge in [-0.3, -0.25) is 10.1 Å². The van der Waals surface area contributed by atoms with Crippen LogP contribution in [-0.4, -0.2) is 21.4 Å². The maximum absolute atomic E-state index is 11.7. The molecule has 0 aliphatic heterocycles. The molecule has 1 aliphatic carbocycles. The number of halogens is 1. The first-order valence-corrected chi connectivity index (χ1v) is 5.95. The van der Waals surface area contributed by atoms with Crippen LogP contribution in [-0.2, 0) is 4.79 Å². The molecule has 1 fully saturated rings. The zero-order valence-electron chi connectivity index (χ0n) is 9.66. The molecule has 0 bridgehead atoms. The third-order valence-corrected chi connectivity index (χ3v) is 3.13. The number of hydrogen-bond donors (Lipinski definition) is 2. The summed E-state index contributed by atoms with van der Waals surface area (Å²) in [4.78, 5) is 19.7. The Morgan fingerprint density at radius 2 is 2.29 bits per heavy atom. The minimum Gasteiger partial charge on any atom is -0.325 e. The molecule has 17 heavy (non-hydrogen) atoms. The number of nitrogens with one attached hydrogen (secondary N) is 1. The second-order valence-corrected chi connectivity index (χ2v) is 4.98. The van der Waals surface area contributed by atoms with E-state index in [9.17, 15) is 4.79 Å². The molecule has 1 saturated carbocycles. The first-order valence-electron chi connectivity index (χ1n) is 5.57. The van der Waals surface area contributed by atoms with Crippen LogP contribution in [0.25, 0.3) is 0 Å². The Morgan fingerprint density at radius 3 is 2.82 bits per heavy atom. The van der Waals surface area contributed by atoms with Gasteiger partial charge in [0.15, 0.2) is 0 Å². The summed E-state index contributed by atoms with van der Waals surface area (Å²) in [6, 6.07) is 1.63. The summed E-state index contributed by atoms with van der Waals surface area (Å²) in [6.07, 6.45) is 3.20. The fourth-order valence-corrected chi connectivity index (χ4v) is 2.12. The van der Waals surface area contributed by atoms with Crippen LogP contribution in [0.2, 0.25) is 5.15 Å². The van der Waals surface area contributed by atoms with Crippen molar-refractivity contribution in [3.63, 3.8) is 0 Å². The molecule has 1 amide bonds. The van der Waals surface area contributed by atoms with Crippen LogP contribution < -0.4 is 11.1 Å². The summed E-state index contributed by atoms with van der Waals surface area (Å²) in [6.45, 7) is 1.79. The topological polar surface area (TPSA) is 80.9 Å². The number of amides is 1. The van der Waals surface area contributed by atoms with E-state index in [0.717, 1.165) is 19.3 Å². The van der Waals surface area contributed by atoms with Crippen LogP contribution in [0, 0.1) is 6.92 Å². The molecule has 5 nitrogen and oxygen atoms in total. The van der Waals surface area contributed by atoms with Crippen LogP contribution in [0.15, 0.2) is 6.07 Å². The minimum atomic E-state index is -0.336. The third kappa shape index (κ3) is 3.14. The predicted octanol–water partition coefficient (Wildman–Crippen LogP) is 1.65. The number of nitrogens with zero attached hydrogens (tertiary/aromatic N) is 2. The molecule has 92 valence electrons. The number of aryl methyl sites for hydroxylation is 1. The van der Waals surface area contributed by atoms with E-state index in [-0.39, 0.29) is 17.4 Å². The highest BCUT2D eigenvalue weighted by atomic mass is 35.5. The maximum Gasteiger partial charge on any atom is 0.231 e. The van der Waals surface area contributed by atoms with Gasteiger partial charge in [0, 0.05) is 17.7 Å². The Hall–Kier alpha value is -1.20. The van der Waals surface area contributed by atoms with Gasteiger partial charge in [-0.2, -0.15) is 0 Å². The van der Waals surface area contributed by atoms with Gasteiger partial charge in [-0.1, -0.05) is 11.6 Å². The first kappa shape index (κ1) is 12.3. The average molecular weight is 255 g/mol. The van der Waals surface area contributed by atoms with Crippen LogP contribution in [0.4, 0.5) is 5.95 Å². The van der Waals surface area contributed by atoms with E-state index in [0.29, 0.717) is 17.3 Å². The Balaban J connectivity index is 1.98. The van der Waals surface area contributed by atoms with E-state index in [1.807, 2.05) is 0 Å². The van der Waals surface area contributed by atoms with E-state index in [1.54, 1.807) is 13.0 Å². The van der Waals surface area contributed by atoms with E-state index in [2.05, 4.69) is 15.3 Å². The third-order valence-electron chi connectivity index (χ3n) is 2.94. The molecule has 0 saturated heterocycles. The number of rotatable bonds is 3. The van der Waals surface area contributed by atoms with Crippen molar-refractivity contribution in [2.45, 2.75) is 38.1 Å². The summed E-state index contributed by atoms with van der Waals surface area (Å²) in [5.41, 5.74) is 6.37. The van der Waals surface area contributed by atoms with Crippen molar-refractivity contribution < 1.29 is 4.79 Å². The summed E-state index contributed by atoms with van der Waals surface area (Å²) >= 11 is 5.78. The second-order valence-electron chi connectivity index (χ2n) is 4.60. The number of nitrogens with two attached hydrogens (primary N) is 1. The van der Waals surface area contributed by atoms with Crippen LogP contribution >= 0.6 is 11.6 Å². The van der Waals surface area contributed by atoms with Crippen molar-refractivity contribution in [1.29, 1.82) is 0 Å². The number of hydrogen-bond acceptors (Lipinski definition) is 4. The van der Waals surface area contributed by atoms with Crippen LogP contribution in [0.5, 0.6) is 0 Å². The quantitative estimate of drug-likeness (QED) is 0.804. The standard InChI is InChI=1S/C11H15ClN4O/c1-7-5-8(12)15-10(14-7)16-9(17)6-11(13)3-2-4-11/h5H,2-4,6,13H2,1H3,(H,14,15,16,17). The van der Waals surface area contributed by atoms with Gasteiger partial charge >= 0.3 is 0 Å². The van der Waals surface area contributed by atoms with Gasteiger partial charge in [0.1, 0.15) is 5.15 Å². The summed E-state index contributed by atoms with van der Waals surface area (Å²) in [5.74, 6) is 0.0804. The molecule has 0 unspecified atom stereocenters. The molecule has 0 atom stereocenters. The van der Waals surface area contributed by atoms with E-state index in [4.69, 9.17) is 17.3 Å². The number of carbonyl (C=O) groups is 1. The molecule has 0 aromatic carbocycles. The fraction of sp³-hybridized carbons (Fsp3) is 0.545. The van der Waals surface area contributed by atoms with Gasteiger partial charge in [-0.25, -0.2) is 9.97 Å². The molecule has 1 aliphatic rings. The smallest absolute Gasteiger partial charge is 0.231 e. The van der Waals surface area contributed by atoms with Crippen molar-refractivity contribution in [3.8, 4) is 0 Å². The highest BCUT2D eigenvalue weighted by Crippen LogP contribution is 2.32. The number of anilines is 1. The van der Waals surface area contributed by atoms with E-state index >= 15 is 0 Å². The largest absolute Gasteiger partial charge is 0.325 e. The average Bonchev–Trinajstić information content (AvgIpc) is 2.12. The van der Waals surface area contributed by atoms with Gasteiger partial charge in [-0.15, -0.1) is 0 Å². The van der Waals surface area contributed by atoms with Gasteiger partial charge in [0.25, 0.3) is 0 Å². The SMILES string of the molecule is Cc1cc(Cl)nc(NC(=O)CC2(N)CCC2)n1. The van der Waals surface area contributed by atoms with Crippen LogP contribution in [0.3, 0.4) is 0 Å². The molecule has 6 heteroatoms. The molecule has 3 N–H and O–H groups in total. The molecule has 1 heterocycles. The number of aromatic nitrogens is 2. The lowest BCUT2D eigenvalue weighted by Crippen LogP contribution is -2.49. The fourth-order valence-electron chi connectivity index (χ4n) is 1.88. The van der Waals surface area contributed by atoms with Gasteiger partial charge in [0.05, 0.1) is 0 Å². The Bertz CT molecular complexity index is 425. The van der Waals surface area contributed by atoms with E-state index in [1.165, 1.54) is 0 Å². The van der Waals surface area contributed by atoms with Crippen molar-refractivity contribution in [2.75, 3.05) is 5.32 Å². The Labute approximate surface area is 105 Å². The van der Waals surface area contributed by atoms with Crippen molar-refractivity contribution in [2.24, 2.45) is 5.73 Å². The predicted molar refractivity (Wildman–Crippen MR) is 65.8 cm³/mol. The zero-order valence-corrected chi connectivity index (χ0v) is 10.4. The van der Waals surface area contributed by atoms with Gasteiger partial charge in [-0.05, 0) is 32.3 Å². The van der Waals surface area contributed by atoms with Crippen molar-refractivity contribution in [3.05, 3.63) is 16.9 Å². The maximum atomic E-state index is 11.7. The monoisotopic (exact) mass is 254 g/mol. The molecule has 2 rings (SSSR count). The molecule has 0 spiro atoms. The van der Waals surface area contributed by atoms with Gasteiger partial charge in [0.2, 0.25) is 11.9 Å². The van der Waals surface area contributed by atoms with E-state index < -0.39 is 0 Å². The molecular formula is C11H15ClN4O. The van der Waals surface area contributed by atoms with Crippen LogP contribution in [0.1, 0.15) is 31.4 Å². The lowest BCUT2D eigenvalue weighted by atomic mass is 9.75. The lowest BCUT2D eigenvalue weighted by molar-refractivity contribution is -0.118. The molecular weight excluding hydrogens is 240 g/mol. The summed E-state index contributed by atoms with van der Waals surface area (Å²) in [7, 11) is 0.